The van der Waals surface area contributed by atoms with E-state index in [0.29, 0.717) is 18.5 Å². The summed E-state index contributed by atoms with van der Waals surface area (Å²) in [5, 5.41) is 0. The van der Waals surface area contributed by atoms with Crippen molar-refractivity contribution < 1.29 is 18.0 Å². The molecule has 0 unspecified atom stereocenters. The lowest BCUT2D eigenvalue weighted by molar-refractivity contribution is -0.124. The molecule has 0 saturated carbocycles. The Bertz CT molecular complexity index is 1150. The van der Waals surface area contributed by atoms with E-state index in [-0.39, 0.29) is 29.0 Å². The highest BCUT2D eigenvalue weighted by atomic mass is 19.1. The number of hydrogen-bond acceptors (Lipinski definition) is 1. The van der Waals surface area contributed by atoms with Crippen molar-refractivity contribution in [2.45, 2.75) is 45.4 Å². The Morgan fingerprint density at radius 3 is 2.06 bits per heavy atom. The molecule has 2 nitrogen and oxygen atoms in total. The molecule has 0 fully saturated rings. The number of carbonyl (C=O) groups excluding carboxylic acids is 1. The highest BCUT2D eigenvalue weighted by Gasteiger charge is 2.15. The van der Waals surface area contributed by atoms with Crippen LogP contribution in [0.1, 0.15) is 43.7 Å². The smallest absolute Gasteiger partial charge is 0.245 e. The second-order valence-electron chi connectivity index (χ2n) is 8.83. The van der Waals surface area contributed by atoms with Gasteiger partial charge in [0.25, 0.3) is 0 Å². The average molecular weight is 480 g/mol. The quantitative estimate of drug-likeness (QED) is 0.203. The number of amides is 1. The van der Waals surface area contributed by atoms with E-state index in [4.69, 9.17) is 0 Å². The van der Waals surface area contributed by atoms with Crippen LogP contribution >= 0.6 is 0 Å². The molecule has 0 aromatic heterocycles. The number of unbranched alkanes of at least 4 members (excludes halogenated alkanes) is 2. The van der Waals surface area contributed by atoms with Gasteiger partial charge in [-0.15, -0.1) is 0 Å². The van der Waals surface area contributed by atoms with E-state index >= 15 is 0 Å². The molecule has 0 radical (unpaired) electrons. The van der Waals surface area contributed by atoms with Gasteiger partial charge < -0.3 is 4.90 Å². The second-order valence-corrected chi connectivity index (χ2v) is 8.83. The molecule has 35 heavy (non-hydrogen) atoms. The van der Waals surface area contributed by atoms with Gasteiger partial charge in [0, 0.05) is 24.7 Å². The number of rotatable bonds is 11. The van der Waals surface area contributed by atoms with Crippen molar-refractivity contribution in [2.75, 3.05) is 13.6 Å². The van der Waals surface area contributed by atoms with Gasteiger partial charge in [-0.2, -0.15) is 0 Å². The van der Waals surface area contributed by atoms with Gasteiger partial charge in [0.05, 0.1) is 0 Å². The summed E-state index contributed by atoms with van der Waals surface area (Å²) in [5.74, 6) is -2.23. The average Bonchev–Trinajstić information content (AvgIpc) is 2.85. The van der Waals surface area contributed by atoms with Crippen LogP contribution in [0.15, 0.2) is 67.3 Å². The molecule has 5 heteroatoms. The third-order valence-electron chi connectivity index (χ3n) is 6.25. The fourth-order valence-corrected chi connectivity index (χ4v) is 4.13. The van der Waals surface area contributed by atoms with Crippen LogP contribution in [-0.2, 0) is 17.6 Å². The van der Waals surface area contributed by atoms with E-state index in [2.05, 4.69) is 25.6 Å². The maximum Gasteiger partial charge on any atom is 0.245 e. The fraction of sp³-hybridized carbons (Fsp3) is 0.300. The van der Waals surface area contributed by atoms with Gasteiger partial charge in [0.2, 0.25) is 5.91 Å². The molecule has 0 aliphatic carbocycles. The SMILES string of the molecule is C=CC(=O)N(C)CCCc1c(F)cc(-c2ccc(-c3ccc(CCCCC)cc3)cc2F)cc1F. The molecule has 0 heterocycles. The van der Waals surface area contributed by atoms with Gasteiger partial charge in [-0.3, -0.25) is 4.79 Å². The van der Waals surface area contributed by atoms with E-state index < -0.39 is 17.5 Å². The molecule has 0 atom stereocenters. The molecule has 3 rings (SSSR count). The summed E-state index contributed by atoms with van der Waals surface area (Å²) in [4.78, 5) is 13.0. The summed E-state index contributed by atoms with van der Waals surface area (Å²) in [5.41, 5.74) is 3.08. The van der Waals surface area contributed by atoms with Crippen molar-refractivity contribution in [2.24, 2.45) is 0 Å². The molecule has 0 bridgehead atoms. The number of benzene rings is 3. The van der Waals surface area contributed by atoms with Gasteiger partial charge in [0.1, 0.15) is 17.5 Å². The Labute approximate surface area is 206 Å². The van der Waals surface area contributed by atoms with Crippen LogP contribution in [0.2, 0.25) is 0 Å². The predicted octanol–water partition coefficient (Wildman–Crippen LogP) is 7.75. The number of carbonyl (C=O) groups is 1. The summed E-state index contributed by atoms with van der Waals surface area (Å²) >= 11 is 0. The van der Waals surface area contributed by atoms with Gasteiger partial charge in [-0.1, -0.05) is 62.7 Å². The van der Waals surface area contributed by atoms with Crippen molar-refractivity contribution in [1.82, 2.24) is 4.90 Å². The lowest BCUT2D eigenvalue weighted by atomic mass is 9.96. The Morgan fingerprint density at radius 2 is 1.46 bits per heavy atom. The Hall–Kier alpha value is -3.34. The second kappa shape index (κ2) is 12.4. The zero-order chi connectivity index (χ0) is 25.4. The molecular formula is C30H32F3NO. The van der Waals surface area contributed by atoms with Crippen molar-refractivity contribution in [3.8, 4) is 22.3 Å². The normalized spacial score (nSPS) is 10.9. The Balaban J connectivity index is 1.73. The highest BCUT2D eigenvalue weighted by Crippen LogP contribution is 2.31. The maximum atomic E-state index is 15.0. The lowest BCUT2D eigenvalue weighted by Gasteiger charge is -2.15. The van der Waals surface area contributed by atoms with E-state index in [1.54, 1.807) is 19.2 Å². The van der Waals surface area contributed by atoms with Crippen LogP contribution in [0.4, 0.5) is 13.2 Å². The first-order chi connectivity index (χ1) is 16.8. The van der Waals surface area contributed by atoms with Crippen LogP contribution < -0.4 is 0 Å². The number of aryl methyl sites for hydroxylation is 1. The number of halogens is 3. The maximum absolute atomic E-state index is 15.0. The van der Waals surface area contributed by atoms with Gasteiger partial charge in [0.15, 0.2) is 0 Å². The number of nitrogens with zero attached hydrogens (tertiary/aromatic N) is 1. The predicted molar refractivity (Wildman–Crippen MR) is 137 cm³/mol. The largest absolute Gasteiger partial charge is 0.342 e. The molecule has 0 aliphatic heterocycles. The van der Waals surface area contributed by atoms with E-state index in [0.717, 1.165) is 18.4 Å². The van der Waals surface area contributed by atoms with E-state index in [1.807, 2.05) is 12.1 Å². The molecular weight excluding hydrogens is 447 g/mol. The molecule has 3 aromatic rings. The number of likely N-dealkylation sites (N-methyl/N-ethyl adjacent to an activating group) is 1. The van der Waals surface area contributed by atoms with Crippen molar-refractivity contribution in [1.29, 1.82) is 0 Å². The highest BCUT2D eigenvalue weighted by molar-refractivity contribution is 5.86. The molecule has 0 spiro atoms. The minimum absolute atomic E-state index is 0.0655. The first-order valence-electron chi connectivity index (χ1n) is 12.1. The third-order valence-corrected chi connectivity index (χ3v) is 6.25. The standard InChI is InChI=1S/C30H32F3NO/c1-4-6-7-9-21-11-13-22(14-12-21)23-15-16-25(27(31)18-23)24-19-28(32)26(29(33)20-24)10-8-17-34(3)30(35)5-2/h5,11-16,18-20H,2,4,6-10,17H2,1,3H3. The molecule has 1 amide bonds. The molecule has 0 aliphatic rings. The Kier molecular flexibility index (Phi) is 9.30. The minimum atomic E-state index is -0.722. The molecule has 0 saturated heterocycles. The van der Waals surface area contributed by atoms with Crippen LogP contribution in [0.3, 0.4) is 0 Å². The van der Waals surface area contributed by atoms with Gasteiger partial charge in [-0.05, 0) is 72.2 Å². The van der Waals surface area contributed by atoms with Crippen LogP contribution in [0, 0.1) is 17.5 Å². The van der Waals surface area contributed by atoms with Crippen LogP contribution in [0.25, 0.3) is 22.3 Å². The van der Waals surface area contributed by atoms with Crippen LogP contribution in [0.5, 0.6) is 0 Å². The summed E-state index contributed by atoms with van der Waals surface area (Å²) in [6.07, 6.45) is 6.27. The third kappa shape index (κ3) is 6.84. The number of hydrogen-bond donors (Lipinski definition) is 0. The van der Waals surface area contributed by atoms with E-state index in [1.165, 1.54) is 47.6 Å². The van der Waals surface area contributed by atoms with Crippen molar-refractivity contribution in [3.63, 3.8) is 0 Å². The summed E-state index contributed by atoms with van der Waals surface area (Å²) in [7, 11) is 1.61. The monoisotopic (exact) mass is 479 g/mol. The summed E-state index contributed by atoms with van der Waals surface area (Å²) in [6.45, 7) is 5.94. The Morgan fingerprint density at radius 1 is 0.829 bits per heavy atom. The first-order valence-corrected chi connectivity index (χ1v) is 12.1. The summed E-state index contributed by atoms with van der Waals surface area (Å²) < 4.78 is 44.4. The van der Waals surface area contributed by atoms with Crippen molar-refractivity contribution in [3.05, 3.63) is 95.8 Å². The zero-order valence-electron chi connectivity index (χ0n) is 20.4. The molecule has 3 aromatic carbocycles. The van der Waals surface area contributed by atoms with Crippen molar-refractivity contribution >= 4 is 5.91 Å². The minimum Gasteiger partial charge on any atom is -0.342 e. The van der Waals surface area contributed by atoms with E-state index in [9.17, 15) is 18.0 Å². The van der Waals surface area contributed by atoms with Gasteiger partial charge >= 0.3 is 0 Å². The summed E-state index contributed by atoms with van der Waals surface area (Å²) in [6, 6.07) is 15.1. The van der Waals surface area contributed by atoms with Gasteiger partial charge in [-0.25, -0.2) is 13.2 Å². The fourth-order valence-electron chi connectivity index (χ4n) is 4.13. The molecule has 0 N–H and O–H groups in total. The molecule has 184 valence electrons. The lowest BCUT2D eigenvalue weighted by Crippen LogP contribution is -2.26. The van der Waals surface area contributed by atoms with Crippen LogP contribution in [-0.4, -0.2) is 24.4 Å². The zero-order valence-corrected chi connectivity index (χ0v) is 20.4. The topological polar surface area (TPSA) is 20.3 Å². The first kappa shape index (κ1) is 26.3.